The monoisotopic (exact) mass is 253 g/mol. The number of carboxylic acids is 1. The lowest BCUT2D eigenvalue weighted by atomic mass is 9.80. The molecular weight excluding hydrogens is 230 g/mol. The van der Waals surface area contributed by atoms with Crippen molar-refractivity contribution in [2.45, 2.75) is 57.8 Å². The van der Waals surface area contributed by atoms with E-state index < -0.39 is 11.4 Å². The van der Waals surface area contributed by atoms with Crippen molar-refractivity contribution >= 4 is 11.9 Å². The molecule has 0 heterocycles. The lowest BCUT2D eigenvalue weighted by Gasteiger charge is -2.28. The first kappa shape index (κ1) is 13.4. The molecule has 0 atom stereocenters. The molecule has 0 saturated heterocycles. The normalized spacial score (nSPS) is 23.1. The number of aliphatic carboxylic acids is 1. The second-order valence-corrected chi connectivity index (χ2v) is 5.92. The molecule has 0 radical (unpaired) electrons. The van der Waals surface area contributed by atoms with Crippen LogP contribution >= 0.6 is 0 Å². The molecule has 2 aliphatic carbocycles. The zero-order valence-electron chi connectivity index (χ0n) is 10.9. The Morgan fingerprint density at radius 3 is 2.22 bits per heavy atom. The smallest absolute Gasteiger partial charge is 0.311 e. The minimum absolute atomic E-state index is 0.0300. The molecule has 4 nitrogen and oxygen atoms in total. The van der Waals surface area contributed by atoms with Crippen molar-refractivity contribution in [1.82, 2.24) is 5.32 Å². The van der Waals surface area contributed by atoms with E-state index in [1.165, 1.54) is 0 Å². The Morgan fingerprint density at radius 2 is 1.72 bits per heavy atom. The standard InChI is InChI=1S/C14H23NO3/c16-12(9-11-5-6-11)15-10-14(13(17)18)7-3-1-2-4-8-14/h11H,1-10H2,(H,15,16)(H,17,18). The van der Waals surface area contributed by atoms with Crippen LogP contribution in [0.2, 0.25) is 0 Å². The Balaban J connectivity index is 1.87. The number of carbonyl (C=O) groups is 2. The Bertz CT molecular complexity index is 315. The highest BCUT2D eigenvalue weighted by molar-refractivity contribution is 5.79. The van der Waals surface area contributed by atoms with Crippen molar-refractivity contribution in [2.75, 3.05) is 6.54 Å². The van der Waals surface area contributed by atoms with Crippen LogP contribution in [0.3, 0.4) is 0 Å². The zero-order valence-corrected chi connectivity index (χ0v) is 10.9. The first-order valence-corrected chi connectivity index (χ1v) is 7.12. The van der Waals surface area contributed by atoms with Gasteiger partial charge in [0, 0.05) is 13.0 Å². The largest absolute Gasteiger partial charge is 0.481 e. The first-order valence-electron chi connectivity index (χ1n) is 7.12. The van der Waals surface area contributed by atoms with Gasteiger partial charge in [-0.25, -0.2) is 0 Å². The summed E-state index contributed by atoms with van der Waals surface area (Å²) in [6.45, 7) is 0.313. The Hall–Kier alpha value is -1.06. The van der Waals surface area contributed by atoms with E-state index in [1.54, 1.807) is 0 Å². The van der Waals surface area contributed by atoms with Gasteiger partial charge in [0.2, 0.25) is 5.91 Å². The second kappa shape index (κ2) is 5.72. The average molecular weight is 253 g/mol. The number of carbonyl (C=O) groups excluding carboxylic acids is 1. The van der Waals surface area contributed by atoms with Crippen LogP contribution in [0.1, 0.15) is 57.8 Å². The van der Waals surface area contributed by atoms with E-state index in [4.69, 9.17) is 0 Å². The quantitative estimate of drug-likeness (QED) is 0.739. The van der Waals surface area contributed by atoms with Gasteiger partial charge in [-0.3, -0.25) is 9.59 Å². The van der Waals surface area contributed by atoms with E-state index >= 15 is 0 Å². The predicted molar refractivity (Wildman–Crippen MR) is 68.1 cm³/mol. The van der Waals surface area contributed by atoms with Crippen LogP contribution in [0.15, 0.2) is 0 Å². The number of carboxylic acid groups (broad SMARTS) is 1. The molecule has 2 aliphatic rings. The second-order valence-electron chi connectivity index (χ2n) is 5.92. The van der Waals surface area contributed by atoms with Crippen molar-refractivity contribution in [3.05, 3.63) is 0 Å². The number of rotatable bonds is 5. The van der Waals surface area contributed by atoms with Gasteiger partial charge in [0.1, 0.15) is 0 Å². The third kappa shape index (κ3) is 3.47. The summed E-state index contributed by atoms with van der Waals surface area (Å²) in [7, 11) is 0. The molecule has 0 aromatic carbocycles. The highest BCUT2D eigenvalue weighted by Gasteiger charge is 2.39. The fraction of sp³-hybridized carbons (Fsp3) is 0.857. The molecule has 18 heavy (non-hydrogen) atoms. The van der Waals surface area contributed by atoms with Crippen LogP contribution in [0.4, 0.5) is 0 Å². The van der Waals surface area contributed by atoms with E-state index in [0.717, 1.165) is 38.5 Å². The van der Waals surface area contributed by atoms with Crippen molar-refractivity contribution < 1.29 is 14.7 Å². The summed E-state index contributed by atoms with van der Waals surface area (Å²) >= 11 is 0. The molecule has 102 valence electrons. The van der Waals surface area contributed by atoms with Crippen molar-refractivity contribution in [2.24, 2.45) is 11.3 Å². The van der Waals surface area contributed by atoms with Gasteiger partial charge in [-0.15, -0.1) is 0 Å². The third-order valence-corrected chi connectivity index (χ3v) is 4.31. The van der Waals surface area contributed by atoms with Crippen molar-refractivity contribution in [3.63, 3.8) is 0 Å². The van der Waals surface area contributed by atoms with Gasteiger partial charge in [0.25, 0.3) is 0 Å². The summed E-state index contributed by atoms with van der Waals surface area (Å²) < 4.78 is 0. The Morgan fingerprint density at radius 1 is 1.11 bits per heavy atom. The molecule has 0 aliphatic heterocycles. The first-order chi connectivity index (χ1) is 8.62. The minimum Gasteiger partial charge on any atom is -0.481 e. The average Bonchev–Trinajstić information content (AvgIpc) is 3.13. The minimum atomic E-state index is -0.740. The molecule has 2 rings (SSSR count). The van der Waals surface area contributed by atoms with Crippen molar-refractivity contribution in [1.29, 1.82) is 0 Å². The molecule has 2 fully saturated rings. The summed E-state index contributed by atoms with van der Waals surface area (Å²) in [6.07, 6.45) is 8.44. The summed E-state index contributed by atoms with van der Waals surface area (Å²) in [5, 5.41) is 12.3. The molecular formula is C14H23NO3. The van der Waals surface area contributed by atoms with Gasteiger partial charge < -0.3 is 10.4 Å². The van der Waals surface area contributed by atoms with E-state index in [9.17, 15) is 14.7 Å². The zero-order chi connectivity index (χ0) is 13.0. The Labute approximate surface area is 108 Å². The van der Waals surface area contributed by atoms with Crippen LogP contribution in [0.5, 0.6) is 0 Å². The molecule has 2 N–H and O–H groups in total. The van der Waals surface area contributed by atoms with Crippen LogP contribution in [0.25, 0.3) is 0 Å². The maximum Gasteiger partial charge on any atom is 0.311 e. The lowest BCUT2D eigenvalue weighted by molar-refractivity contribution is -0.149. The SMILES string of the molecule is O=C(CC1CC1)NCC1(C(=O)O)CCCCCC1. The van der Waals surface area contributed by atoms with Gasteiger partial charge in [-0.05, 0) is 31.6 Å². The van der Waals surface area contributed by atoms with E-state index in [1.807, 2.05) is 0 Å². The molecule has 0 spiro atoms. The maximum atomic E-state index is 11.7. The highest BCUT2D eigenvalue weighted by atomic mass is 16.4. The molecule has 0 unspecified atom stereocenters. The Kier molecular flexibility index (Phi) is 4.25. The highest BCUT2D eigenvalue weighted by Crippen LogP contribution is 2.35. The summed E-state index contributed by atoms with van der Waals surface area (Å²) in [4.78, 5) is 23.2. The number of hydrogen-bond acceptors (Lipinski definition) is 2. The lowest BCUT2D eigenvalue weighted by Crippen LogP contribution is -2.43. The van der Waals surface area contributed by atoms with Crippen molar-refractivity contribution in [3.8, 4) is 0 Å². The molecule has 1 amide bonds. The van der Waals surface area contributed by atoms with Gasteiger partial charge in [-0.1, -0.05) is 25.7 Å². The number of amides is 1. The van der Waals surface area contributed by atoms with E-state index in [2.05, 4.69) is 5.32 Å². The van der Waals surface area contributed by atoms with Crippen LogP contribution in [-0.2, 0) is 9.59 Å². The van der Waals surface area contributed by atoms with Gasteiger partial charge in [0.15, 0.2) is 0 Å². The van der Waals surface area contributed by atoms with Gasteiger partial charge >= 0.3 is 5.97 Å². The molecule has 2 saturated carbocycles. The summed E-state index contributed by atoms with van der Waals surface area (Å²) in [6, 6.07) is 0. The topological polar surface area (TPSA) is 66.4 Å². The van der Waals surface area contributed by atoms with Gasteiger partial charge in [0.05, 0.1) is 5.41 Å². The van der Waals surface area contributed by atoms with E-state index in [0.29, 0.717) is 31.7 Å². The van der Waals surface area contributed by atoms with Gasteiger partial charge in [-0.2, -0.15) is 0 Å². The molecule has 0 aromatic heterocycles. The molecule has 0 bridgehead atoms. The fourth-order valence-electron chi connectivity index (χ4n) is 2.80. The summed E-state index contributed by atoms with van der Waals surface area (Å²) in [5.41, 5.74) is -0.713. The number of hydrogen-bond donors (Lipinski definition) is 2. The van der Waals surface area contributed by atoms with E-state index in [-0.39, 0.29) is 5.91 Å². The van der Waals surface area contributed by atoms with Crippen LogP contribution in [-0.4, -0.2) is 23.5 Å². The fourth-order valence-corrected chi connectivity index (χ4v) is 2.80. The molecule has 0 aromatic rings. The maximum absolute atomic E-state index is 11.7. The van der Waals surface area contributed by atoms with Crippen LogP contribution < -0.4 is 5.32 Å². The predicted octanol–water partition coefficient (Wildman–Crippen LogP) is 2.33. The molecule has 4 heteroatoms. The number of nitrogens with one attached hydrogen (secondary N) is 1. The van der Waals surface area contributed by atoms with Crippen LogP contribution in [0, 0.1) is 11.3 Å². The third-order valence-electron chi connectivity index (χ3n) is 4.31. The summed E-state index contributed by atoms with van der Waals surface area (Å²) in [5.74, 6) is -0.154.